The molecule has 3 unspecified atom stereocenters. The van der Waals surface area contributed by atoms with Gasteiger partial charge in [-0.05, 0) is 30.2 Å². The van der Waals surface area contributed by atoms with E-state index in [1.54, 1.807) is 7.11 Å². The van der Waals surface area contributed by atoms with Gasteiger partial charge in [0.1, 0.15) is 6.10 Å². The van der Waals surface area contributed by atoms with E-state index in [0.717, 1.165) is 57.2 Å². The van der Waals surface area contributed by atoms with Gasteiger partial charge in [-0.2, -0.15) is 0 Å². The summed E-state index contributed by atoms with van der Waals surface area (Å²) in [6.45, 7) is 6.11. The predicted molar refractivity (Wildman–Crippen MR) is 134 cm³/mol. The van der Waals surface area contributed by atoms with Crippen LogP contribution in [0.3, 0.4) is 0 Å². The molecule has 0 radical (unpaired) electrons. The fourth-order valence-electron chi connectivity index (χ4n) is 6.30. The van der Waals surface area contributed by atoms with Crippen LogP contribution in [-0.2, 0) is 13.0 Å². The van der Waals surface area contributed by atoms with Gasteiger partial charge in [-0.1, -0.05) is 36.4 Å². The summed E-state index contributed by atoms with van der Waals surface area (Å²) >= 11 is 0. The Morgan fingerprint density at radius 3 is 2.71 bits per heavy atom. The minimum Gasteiger partial charge on any atom is -0.493 e. The Bertz CT molecular complexity index is 1040. The number of nitrogens with zero attached hydrogens (tertiary/aromatic N) is 3. The summed E-state index contributed by atoms with van der Waals surface area (Å²) < 4.78 is 11.8. The van der Waals surface area contributed by atoms with Crippen molar-refractivity contribution in [2.24, 2.45) is 0 Å². The molecule has 1 N–H and O–H groups in total. The Labute approximate surface area is 202 Å². The first-order valence-electron chi connectivity index (χ1n) is 12.7. The van der Waals surface area contributed by atoms with E-state index in [-0.39, 0.29) is 6.10 Å². The first-order chi connectivity index (χ1) is 16.7. The van der Waals surface area contributed by atoms with Gasteiger partial charge in [-0.25, -0.2) is 0 Å². The van der Waals surface area contributed by atoms with Crippen molar-refractivity contribution >= 4 is 5.69 Å². The van der Waals surface area contributed by atoms with Crippen molar-refractivity contribution in [2.75, 3.05) is 44.7 Å². The first-order valence-corrected chi connectivity index (χ1v) is 12.7. The molecule has 0 aromatic heterocycles. The summed E-state index contributed by atoms with van der Waals surface area (Å²) in [6, 6.07) is 16.4. The van der Waals surface area contributed by atoms with Crippen LogP contribution in [0.1, 0.15) is 24.0 Å². The van der Waals surface area contributed by atoms with Crippen LogP contribution in [0.2, 0.25) is 0 Å². The number of benzene rings is 2. The molecule has 2 saturated heterocycles. The van der Waals surface area contributed by atoms with Crippen molar-refractivity contribution in [3.63, 3.8) is 0 Å². The number of methoxy groups -OCH3 is 1. The lowest BCUT2D eigenvalue weighted by Crippen LogP contribution is -2.48. The van der Waals surface area contributed by atoms with Crippen molar-refractivity contribution < 1.29 is 14.6 Å². The topological polar surface area (TPSA) is 48.4 Å². The molecule has 6 heteroatoms. The molecule has 4 heterocycles. The number of piperazine rings is 1. The van der Waals surface area contributed by atoms with Gasteiger partial charge in [0.15, 0.2) is 11.5 Å². The van der Waals surface area contributed by atoms with E-state index in [0.29, 0.717) is 18.5 Å². The third-order valence-corrected chi connectivity index (χ3v) is 8.02. The highest BCUT2D eigenvalue weighted by Gasteiger charge is 2.43. The number of aliphatic hydroxyl groups excluding tert-OH is 1. The zero-order valence-electron chi connectivity index (χ0n) is 20.0. The number of aliphatic hydroxyl groups is 1. The maximum atomic E-state index is 10.5. The van der Waals surface area contributed by atoms with E-state index in [2.05, 4.69) is 57.2 Å². The quantitative estimate of drug-likeness (QED) is 0.691. The number of hydrogen-bond donors (Lipinski definition) is 1. The average molecular weight is 462 g/mol. The second kappa shape index (κ2) is 9.25. The normalized spacial score (nSPS) is 29.6. The zero-order valence-corrected chi connectivity index (χ0v) is 20.0. The molecule has 4 aliphatic heterocycles. The van der Waals surface area contributed by atoms with E-state index in [1.807, 2.05) is 12.1 Å². The first kappa shape index (κ1) is 22.0. The molecule has 4 atom stereocenters. The average Bonchev–Trinajstić information content (AvgIpc) is 3.56. The van der Waals surface area contributed by atoms with Crippen LogP contribution < -0.4 is 14.4 Å². The molecule has 2 aromatic rings. The van der Waals surface area contributed by atoms with Crippen molar-refractivity contribution in [3.8, 4) is 11.5 Å². The van der Waals surface area contributed by atoms with E-state index >= 15 is 0 Å². The van der Waals surface area contributed by atoms with Crippen LogP contribution in [0, 0.1) is 0 Å². The number of hydrogen-bond acceptors (Lipinski definition) is 6. The van der Waals surface area contributed by atoms with Crippen molar-refractivity contribution in [1.82, 2.24) is 9.80 Å². The van der Waals surface area contributed by atoms with Gasteiger partial charge in [-0.3, -0.25) is 9.80 Å². The molecule has 0 amide bonds. The molecule has 180 valence electrons. The minimum atomic E-state index is -0.480. The molecule has 0 aliphatic carbocycles. The van der Waals surface area contributed by atoms with Crippen molar-refractivity contribution in [1.29, 1.82) is 0 Å². The molecule has 4 aliphatic rings. The summed E-state index contributed by atoms with van der Waals surface area (Å²) in [6.07, 6.45) is 6.32. The van der Waals surface area contributed by atoms with Gasteiger partial charge in [0.2, 0.25) is 0 Å². The molecule has 6 nitrogen and oxygen atoms in total. The maximum absolute atomic E-state index is 10.5. The fraction of sp³-hybridized carbons (Fsp3) is 0.500. The third-order valence-electron chi connectivity index (χ3n) is 8.02. The molecular formula is C28H35N3O3. The number of fused-ring (bicyclic) bond motifs is 3. The molecule has 6 rings (SSSR count). The lowest BCUT2D eigenvalue weighted by Gasteiger charge is -2.36. The van der Waals surface area contributed by atoms with E-state index < -0.39 is 6.10 Å². The number of ether oxygens (including phenoxy) is 2. The highest BCUT2D eigenvalue weighted by atomic mass is 16.5. The van der Waals surface area contributed by atoms with Crippen LogP contribution in [0.4, 0.5) is 5.69 Å². The van der Waals surface area contributed by atoms with E-state index in [9.17, 15) is 5.11 Å². The van der Waals surface area contributed by atoms with Gasteiger partial charge in [0.25, 0.3) is 0 Å². The smallest absolute Gasteiger partial charge is 0.165 e. The van der Waals surface area contributed by atoms with Crippen LogP contribution >= 0.6 is 0 Å². The van der Waals surface area contributed by atoms with Crippen LogP contribution in [0.5, 0.6) is 11.5 Å². The van der Waals surface area contributed by atoms with E-state index in [4.69, 9.17) is 9.47 Å². The molecule has 2 aromatic carbocycles. The summed E-state index contributed by atoms with van der Waals surface area (Å²) in [7, 11) is 1.70. The lowest BCUT2D eigenvalue weighted by atomic mass is 10.00. The largest absolute Gasteiger partial charge is 0.493 e. The molecule has 34 heavy (non-hydrogen) atoms. The maximum Gasteiger partial charge on any atom is 0.165 e. The highest BCUT2D eigenvalue weighted by molar-refractivity contribution is 5.53. The zero-order chi connectivity index (χ0) is 23.1. The standard InChI is InChI=1S/C28H35N3O3/c1-33-27-10-9-20-17-29(11-5-8-24(32)15-25-16-26(20)28(27)34-25)12-13-30-18-23-14-22(30)19-31(23)21-6-3-2-4-7-21/h2-10,22-25,32H,11-19H2,1H3/b8-5+/t22?,23?,24-,25?/m0/s1. The summed E-state index contributed by atoms with van der Waals surface area (Å²) in [4.78, 5) is 7.78. The van der Waals surface area contributed by atoms with Gasteiger partial charge >= 0.3 is 0 Å². The van der Waals surface area contributed by atoms with E-state index in [1.165, 1.54) is 23.2 Å². The Morgan fingerprint density at radius 2 is 1.91 bits per heavy atom. The molecular weight excluding hydrogens is 426 g/mol. The van der Waals surface area contributed by atoms with Gasteiger partial charge in [0.05, 0.1) is 13.2 Å². The second-order valence-electron chi connectivity index (χ2n) is 10.2. The molecule has 4 bridgehead atoms. The number of para-hydroxylation sites is 1. The van der Waals surface area contributed by atoms with Crippen LogP contribution in [0.25, 0.3) is 0 Å². The second-order valence-corrected chi connectivity index (χ2v) is 10.2. The predicted octanol–water partition coefficient (Wildman–Crippen LogP) is 3.08. The van der Waals surface area contributed by atoms with Crippen molar-refractivity contribution in [2.45, 2.75) is 50.1 Å². The fourth-order valence-corrected chi connectivity index (χ4v) is 6.30. The van der Waals surface area contributed by atoms with Crippen LogP contribution in [-0.4, -0.2) is 79.0 Å². The highest BCUT2D eigenvalue weighted by Crippen LogP contribution is 2.41. The van der Waals surface area contributed by atoms with Crippen LogP contribution in [0.15, 0.2) is 54.6 Å². The van der Waals surface area contributed by atoms with Gasteiger partial charge in [-0.15, -0.1) is 0 Å². The van der Waals surface area contributed by atoms with Gasteiger partial charge < -0.3 is 19.5 Å². The molecule has 2 fully saturated rings. The monoisotopic (exact) mass is 461 g/mol. The molecule has 0 saturated carbocycles. The number of anilines is 1. The summed E-state index contributed by atoms with van der Waals surface area (Å²) in [5, 5.41) is 10.5. The Morgan fingerprint density at radius 1 is 1.03 bits per heavy atom. The summed E-state index contributed by atoms with van der Waals surface area (Å²) in [5.74, 6) is 1.67. The summed E-state index contributed by atoms with van der Waals surface area (Å²) in [5.41, 5.74) is 3.93. The SMILES string of the molecule is COc1ccc2c3c1OC(C3)C[C@@H](O)/C=C/CN(CCN1CC3CC1CN3c1ccccc1)C2. The van der Waals surface area contributed by atoms with Crippen molar-refractivity contribution in [3.05, 3.63) is 65.7 Å². The minimum absolute atomic E-state index is 0.00367. The Balaban J connectivity index is 1.14. The molecule has 0 spiro atoms. The number of rotatable bonds is 5. The Kier molecular flexibility index (Phi) is 5.97. The number of likely N-dealkylation sites (tertiary alicyclic amines) is 1. The third kappa shape index (κ3) is 4.19. The van der Waals surface area contributed by atoms with Gasteiger partial charge in [0, 0.05) is 75.4 Å². The Hall–Kier alpha value is -2.54. The lowest BCUT2D eigenvalue weighted by molar-refractivity contribution is 0.133.